The van der Waals surface area contributed by atoms with Crippen molar-refractivity contribution in [3.8, 4) is 28.2 Å². The van der Waals surface area contributed by atoms with Gasteiger partial charge < -0.3 is 0 Å². The second-order valence-corrected chi connectivity index (χ2v) is 12.4. The predicted molar refractivity (Wildman–Crippen MR) is 199 cm³/mol. The van der Waals surface area contributed by atoms with E-state index in [1.165, 1.54) is 65.0 Å². The summed E-state index contributed by atoms with van der Waals surface area (Å²) < 4.78 is 2.26. The molecule has 218 valence electrons. The van der Waals surface area contributed by atoms with E-state index >= 15 is 0 Å². The van der Waals surface area contributed by atoms with Crippen molar-refractivity contribution in [2.24, 2.45) is 0 Å². The van der Waals surface area contributed by atoms with Gasteiger partial charge in [-0.25, -0.2) is 4.98 Å². The maximum Gasteiger partial charge on any atom is 0.145 e. The third kappa shape index (κ3) is 3.95. The van der Waals surface area contributed by atoms with Crippen molar-refractivity contribution in [2.45, 2.75) is 0 Å². The standard InChI is InChI=1S/C45H28N2/c1-2-12-34(13-3-1)47-42-19-7-6-18-41(42)46-45(47)32-24-20-29(21-25-32)33-26-27-37-39-17-9-11-31-23-22-30-10-8-16-38(43(30)44(31)39)35-14-4-5-15-36(35)40(37)28-33/h1-28H. The van der Waals surface area contributed by atoms with Crippen LogP contribution in [0.25, 0.3) is 93.1 Å². The summed E-state index contributed by atoms with van der Waals surface area (Å²) in [7, 11) is 0. The lowest BCUT2D eigenvalue weighted by molar-refractivity contribution is 1.10. The fourth-order valence-corrected chi connectivity index (χ4v) is 7.61. The zero-order chi connectivity index (χ0) is 30.9. The zero-order valence-electron chi connectivity index (χ0n) is 25.6. The van der Waals surface area contributed by atoms with Crippen LogP contribution in [0.15, 0.2) is 170 Å². The van der Waals surface area contributed by atoms with Gasteiger partial charge in [0.05, 0.1) is 11.0 Å². The van der Waals surface area contributed by atoms with Crippen molar-refractivity contribution in [3.05, 3.63) is 170 Å². The summed E-state index contributed by atoms with van der Waals surface area (Å²) in [6.07, 6.45) is 0. The molecule has 47 heavy (non-hydrogen) atoms. The fraction of sp³-hybridized carbons (Fsp3) is 0. The molecule has 0 saturated carbocycles. The second-order valence-electron chi connectivity index (χ2n) is 12.4. The van der Waals surface area contributed by atoms with Crippen LogP contribution in [0.5, 0.6) is 0 Å². The van der Waals surface area contributed by atoms with Gasteiger partial charge in [-0.15, -0.1) is 0 Å². The smallest absolute Gasteiger partial charge is 0.145 e. The van der Waals surface area contributed by atoms with Gasteiger partial charge in [0.1, 0.15) is 5.82 Å². The molecule has 9 aromatic carbocycles. The van der Waals surface area contributed by atoms with Gasteiger partial charge in [-0.2, -0.15) is 0 Å². The van der Waals surface area contributed by atoms with Gasteiger partial charge in [0, 0.05) is 11.3 Å². The van der Waals surface area contributed by atoms with Crippen LogP contribution < -0.4 is 0 Å². The van der Waals surface area contributed by atoms with E-state index in [9.17, 15) is 0 Å². The fourth-order valence-electron chi connectivity index (χ4n) is 7.61. The van der Waals surface area contributed by atoms with Crippen molar-refractivity contribution >= 4 is 64.9 Å². The van der Waals surface area contributed by atoms with E-state index in [1.807, 2.05) is 0 Å². The molecule has 2 heteroatoms. The van der Waals surface area contributed by atoms with Crippen LogP contribution in [0.2, 0.25) is 0 Å². The van der Waals surface area contributed by atoms with Crippen molar-refractivity contribution in [1.82, 2.24) is 9.55 Å². The molecule has 0 saturated heterocycles. The van der Waals surface area contributed by atoms with Crippen LogP contribution in [-0.2, 0) is 0 Å². The number of fused-ring (bicyclic) bond motifs is 6. The van der Waals surface area contributed by atoms with Crippen molar-refractivity contribution in [1.29, 1.82) is 0 Å². The molecule has 1 heterocycles. The Morgan fingerprint density at radius 2 is 0.915 bits per heavy atom. The minimum atomic E-state index is 0.942. The molecule has 10 rings (SSSR count). The van der Waals surface area contributed by atoms with Crippen molar-refractivity contribution < 1.29 is 0 Å². The topological polar surface area (TPSA) is 17.8 Å². The van der Waals surface area contributed by atoms with E-state index in [4.69, 9.17) is 4.98 Å². The molecule has 0 N–H and O–H groups in total. The summed E-state index contributed by atoms with van der Waals surface area (Å²) in [6, 6.07) is 61.6. The van der Waals surface area contributed by atoms with Gasteiger partial charge in [-0.05, 0) is 95.3 Å². The Bertz CT molecular complexity index is 2830. The van der Waals surface area contributed by atoms with Crippen LogP contribution in [0, 0.1) is 0 Å². The lowest BCUT2D eigenvalue weighted by Crippen LogP contribution is -1.97. The van der Waals surface area contributed by atoms with Crippen LogP contribution in [-0.4, -0.2) is 9.55 Å². The average molecular weight is 597 g/mol. The molecule has 0 unspecified atom stereocenters. The summed E-state index contributed by atoms with van der Waals surface area (Å²) in [4.78, 5) is 5.08. The van der Waals surface area contributed by atoms with Crippen molar-refractivity contribution in [3.63, 3.8) is 0 Å². The Morgan fingerprint density at radius 1 is 0.362 bits per heavy atom. The zero-order valence-corrected chi connectivity index (χ0v) is 25.6. The minimum Gasteiger partial charge on any atom is -0.292 e. The third-order valence-electron chi connectivity index (χ3n) is 9.75. The maximum atomic E-state index is 5.08. The average Bonchev–Trinajstić information content (AvgIpc) is 3.54. The normalized spacial score (nSPS) is 11.8. The van der Waals surface area contributed by atoms with Crippen LogP contribution in [0.4, 0.5) is 0 Å². The molecular formula is C45H28N2. The predicted octanol–water partition coefficient (Wildman–Crippen LogP) is 12.1. The molecule has 0 bridgehead atoms. The quantitative estimate of drug-likeness (QED) is 0.186. The van der Waals surface area contributed by atoms with Gasteiger partial charge in [0.15, 0.2) is 0 Å². The number of benzene rings is 8. The van der Waals surface area contributed by atoms with Gasteiger partial charge in [-0.1, -0.05) is 140 Å². The number of imidazole rings is 1. The highest BCUT2D eigenvalue weighted by Crippen LogP contribution is 2.41. The lowest BCUT2D eigenvalue weighted by Gasteiger charge is -2.14. The van der Waals surface area contributed by atoms with Gasteiger partial charge >= 0.3 is 0 Å². The third-order valence-corrected chi connectivity index (χ3v) is 9.75. The molecule has 0 aliphatic heterocycles. The Labute approximate surface area is 271 Å². The molecular weight excluding hydrogens is 569 g/mol. The monoisotopic (exact) mass is 596 g/mol. The number of nitrogens with zero attached hydrogens (tertiary/aromatic N) is 2. The molecule has 2 nitrogen and oxygen atoms in total. The molecule has 1 aromatic heterocycles. The largest absolute Gasteiger partial charge is 0.292 e. The first-order valence-electron chi connectivity index (χ1n) is 16.1. The molecule has 0 spiro atoms. The van der Waals surface area contributed by atoms with E-state index in [-0.39, 0.29) is 0 Å². The summed E-state index contributed by atoms with van der Waals surface area (Å²) in [5, 5.41) is 12.8. The number of aromatic nitrogens is 2. The number of hydrogen-bond acceptors (Lipinski definition) is 1. The summed E-state index contributed by atoms with van der Waals surface area (Å²) >= 11 is 0. The summed E-state index contributed by atoms with van der Waals surface area (Å²) in [6.45, 7) is 0. The van der Waals surface area contributed by atoms with Crippen molar-refractivity contribution in [2.75, 3.05) is 0 Å². The van der Waals surface area contributed by atoms with E-state index in [2.05, 4.69) is 174 Å². The van der Waals surface area contributed by atoms with E-state index < -0.39 is 0 Å². The maximum absolute atomic E-state index is 5.08. The highest BCUT2D eigenvalue weighted by atomic mass is 15.1. The van der Waals surface area contributed by atoms with Crippen LogP contribution >= 0.6 is 0 Å². The Morgan fingerprint density at radius 3 is 1.64 bits per heavy atom. The first-order chi connectivity index (χ1) is 23.3. The summed E-state index contributed by atoms with van der Waals surface area (Å²) in [5.74, 6) is 0.942. The van der Waals surface area contributed by atoms with E-state index in [1.54, 1.807) is 0 Å². The first-order valence-corrected chi connectivity index (χ1v) is 16.1. The molecule has 10 aromatic rings. The molecule has 0 aliphatic carbocycles. The van der Waals surface area contributed by atoms with E-state index in [0.29, 0.717) is 0 Å². The summed E-state index contributed by atoms with van der Waals surface area (Å²) in [5.41, 5.74) is 6.66. The SMILES string of the molecule is c1ccc(-n2c(-c3ccc(-c4ccc5c(c4)c4ccccc4c4cccc6ccc7cccc5c7c64)cc3)nc3ccccc32)cc1. The van der Waals surface area contributed by atoms with Gasteiger partial charge in [0.25, 0.3) is 0 Å². The van der Waals surface area contributed by atoms with Crippen LogP contribution in [0.1, 0.15) is 0 Å². The molecule has 0 aliphatic rings. The highest BCUT2D eigenvalue weighted by Gasteiger charge is 2.16. The molecule has 0 amide bonds. The number of para-hydroxylation sites is 3. The van der Waals surface area contributed by atoms with Crippen LogP contribution in [0.3, 0.4) is 0 Å². The van der Waals surface area contributed by atoms with Gasteiger partial charge in [-0.3, -0.25) is 4.57 Å². The minimum absolute atomic E-state index is 0.942. The number of hydrogen-bond donors (Lipinski definition) is 0. The van der Waals surface area contributed by atoms with E-state index in [0.717, 1.165) is 28.1 Å². The Kier molecular flexibility index (Phi) is 5.61. The second kappa shape index (κ2) is 10.1. The highest BCUT2D eigenvalue weighted by molar-refractivity contribution is 6.32. The molecule has 0 atom stereocenters. The van der Waals surface area contributed by atoms with Gasteiger partial charge in [0.2, 0.25) is 0 Å². The molecule has 0 fully saturated rings. The molecule has 0 radical (unpaired) electrons. The number of rotatable bonds is 3. The Balaban J connectivity index is 1.20. The lowest BCUT2D eigenvalue weighted by atomic mass is 9.89. The Hall–Kier alpha value is -6.25. The first kappa shape index (κ1) is 26.0.